The van der Waals surface area contributed by atoms with Crippen LogP contribution in [-0.4, -0.2) is 0 Å². The van der Waals surface area contributed by atoms with Gasteiger partial charge in [-0.3, -0.25) is 0 Å². The molecule has 1 aromatic heterocycles. The van der Waals surface area contributed by atoms with E-state index in [1.54, 1.807) is 0 Å². The SMILES string of the molecule is CC1(C)c2ccccc2-c2cc3c(cc21)oc1c(-c2cc4ccccc4c4ccccc24)cccc13. The number of para-hydroxylation sites is 1. The molecule has 0 bridgehead atoms. The van der Waals surface area contributed by atoms with Crippen molar-refractivity contribution in [2.45, 2.75) is 19.3 Å². The molecule has 0 saturated carbocycles. The second kappa shape index (κ2) is 6.86. The molecule has 1 aliphatic rings. The summed E-state index contributed by atoms with van der Waals surface area (Å²) in [5, 5.41) is 7.41. The molecule has 0 spiro atoms. The Morgan fingerprint density at radius 2 is 1.17 bits per heavy atom. The van der Waals surface area contributed by atoms with Crippen LogP contribution in [-0.2, 0) is 5.41 Å². The normalized spacial score (nSPS) is 14.1. The van der Waals surface area contributed by atoms with Gasteiger partial charge in [0.25, 0.3) is 0 Å². The zero-order chi connectivity index (χ0) is 24.0. The van der Waals surface area contributed by atoms with E-state index in [1.165, 1.54) is 60.1 Å². The molecule has 1 heteroatoms. The lowest BCUT2D eigenvalue weighted by Gasteiger charge is -2.21. The van der Waals surface area contributed by atoms with Crippen molar-refractivity contribution in [3.63, 3.8) is 0 Å². The summed E-state index contributed by atoms with van der Waals surface area (Å²) in [6.07, 6.45) is 0. The first-order valence-electron chi connectivity index (χ1n) is 12.6. The molecule has 36 heavy (non-hydrogen) atoms. The molecule has 0 radical (unpaired) electrons. The van der Waals surface area contributed by atoms with Crippen LogP contribution in [0.5, 0.6) is 0 Å². The van der Waals surface area contributed by atoms with Gasteiger partial charge in [-0.1, -0.05) is 105 Å². The molecular weight excluding hydrogens is 436 g/mol. The molecule has 7 aromatic rings. The minimum absolute atomic E-state index is 0.0452. The summed E-state index contributed by atoms with van der Waals surface area (Å²) in [7, 11) is 0. The molecule has 0 N–H and O–H groups in total. The Labute approximate surface area is 209 Å². The summed E-state index contributed by atoms with van der Waals surface area (Å²) >= 11 is 0. The Kier molecular flexibility index (Phi) is 3.79. The summed E-state index contributed by atoms with van der Waals surface area (Å²) < 4.78 is 6.72. The van der Waals surface area contributed by atoms with Crippen molar-refractivity contribution < 1.29 is 4.42 Å². The highest BCUT2D eigenvalue weighted by Gasteiger charge is 2.36. The molecule has 6 aromatic carbocycles. The monoisotopic (exact) mass is 460 g/mol. The van der Waals surface area contributed by atoms with E-state index in [9.17, 15) is 0 Å². The quantitative estimate of drug-likeness (QED) is 0.222. The standard InChI is InChI=1S/C35H24O/c1-35(2)31-17-8-7-14-25(31)29-19-30-27-16-9-15-26(34(27)36-33(30)20-32(29)35)28-18-21-10-3-4-11-22(21)23-12-5-6-13-24(23)28/h3-20H,1-2H3. The average Bonchev–Trinajstić information content (AvgIpc) is 3.39. The van der Waals surface area contributed by atoms with E-state index in [-0.39, 0.29) is 5.41 Å². The van der Waals surface area contributed by atoms with Gasteiger partial charge >= 0.3 is 0 Å². The highest BCUT2D eigenvalue weighted by molar-refractivity contribution is 6.18. The van der Waals surface area contributed by atoms with E-state index in [2.05, 4.69) is 123 Å². The van der Waals surface area contributed by atoms with Crippen LogP contribution in [0.4, 0.5) is 0 Å². The number of rotatable bonds is 1. The fourth-order valence-corrected chi connectivity index (χ4v) is 6.48. The first-order chi connectivity index (χ1) is 17.6. The Morgan fingerprint density at radius 1 is 0.472 bits per heavy atom. The van der Waals surface area contributed by atoms with Gasteiger partial charge in [0.1, 0.15) is 11.2 Å². The van der Waals surface area contributed by atoms with Gasteiger partial charge in [0.2, 0.25) is 0 Å². The Balaban J connectivity index is 1.46. The van der Waals surface area contributed by atoms with Gasteiger partial charge in [-0.15, -0.1) is 0 Å². The van der Waals surface area contributed by atoms with E-state index in [0.717, 1.165) is 16.7 Å². The minimum Gasteiger partial charge on any atom is -0.455 e. The summed E-state index contributed by atoms with van der Waals surface area (Å²) in [6, 6.07) is 39.7. The molecule has 1 heterocycles. The van der Waals surface area contributed by atoms with Gasteiger partial charge in [-0.25, -0.2) is 0 Å². The van der Waals surface area contributed by atoms with Crippen molar-refractivity contribution in [2.75, 3.05) is 0 Å². The van der Waals surface area contributed by atoms with Crippen LogP contribution in [0.3, 0.4) is 0 Å². The van der Waals surface area contributed by atoms with Gasteiger partial charge in [-0.2, -0.15) is 0 Å². The van der Waals surface area contributed by atoms with Crippen LogP contribution in [0, 0.1) is 0 Å². The number of benzene rings is 6. The second-order valence-corrected chi connectivity index (χ2v) is 10.5. The maximum absolute atomic E-state index is 6.72. The Bertz CT molecular complexity index is 2020. The van der Waals surface area contributed by atoms with Crippen molar-refractivity contribution in [2.24, 2.45) is 0 Å². The molecule has 0 saturated heterocycles. The van der Waals surface area contributed by atoms with Crippen molar-refractivity contribution in [1.82, 2.24) is 0 Å². The van der Waals surface area contributed by atoms with Gasteiger partial charge in [0.05, 0.1) is 0 Å². The van der Waals surface area contributed by atoms with Gasteiger partial charge in [0.15, 0.2) is 0 Å². The maximum Gasteiger partial charge on any atom is 0.143 e. The summed E-state index contributed by atoms with van der Waals surface area (Å²) in [5.41, 5.74) is 9.63. The first kappa shape index (κ1) is 19.9. The number of hydrogen-bond donors (Lipinski definition) is 0. The third-order valence-corrected chi connectivity index (χ3v) is 8.26. The van der Waals surface area contributed by atoms with Crippen LogP contribution in [0.15, 0.2) is 114 Å². The van der Waals surface area contributed by atoms with E-state index in [0.29, 0.717) is 0 Å². The van der Waals surface area contributed by atoms with Crippen LogP contribution in [0.1, 0.15) is 25.0 Å². The third-order valence-electron chi connectivity index (χ3n) is 8.26. The topological polar surface area (TPSA) is 13.1 Å². The van der Waals surface area contributed by atoms with Gasteiger partial charge < -0.3 is 4.42 Å². The van der Waals surface area contributed by atoms with E-state index >= 15 is 0 Å². The lowest BCUT2D eigenvalue weighted by Crippen LogP contribution is -2.14. The predicted octanol–water partition coefficient (Wildman–Crippen LogP) is 9.87. The molecule has 0 unspecified atom stereocenters. The third kappa shape index (κ3) is 2.50. The average molecular weight is 461 g/mol. The van der Waals surface area contributed by atoms with Crippen molar-refractivity contribution in [3.8, 4) is 22.3 Å². The van der Waals surface area contributed by atoms with E-state index in [1.807, 2.05) is 0 Å². The van der Waals surface area contributed by atoms with E-state index < -0.39 is 0 Å². The fraction of sp³-hybridized carbons (Fsp3) is 0.0857. The molecule has 1 aliphatic carbocycles. The summed E-state index contributed by atoms with van der Waals surface area (Å²) in [6.45, 7) is 4.64. The number of hydrogen-bond acceptors (Lipinski definition) is 1. The van der Waals surface area contributed by atoms with Crippen molar-refractivity contribution >= 4 is 43.5 Å². The van der Waals surface area contributed by atoms with Crippen LogP contribution in [0.2, 0.25) is 0 Å². The molecule has 0 fully saturated rings. The van der Waals surface area contributed by atoms with Crippen LogP contribution in [0.25, 0.3) is 65.7 Å². The Hall–Kier alpha value is -4.36. The zero-order valence-corrected chi connectivity index (χ0v) is 20.3. The van der Waals surface area contributed by atoms with Crippen molar-refractivity contribution in [1.29, 1.82) is 0 Å². The lowest BCUT2D eigenvalue weighted by atomic mass is 9.82. The summed E-state index contributed by atoms with van der Waals surface area (Å²) in [5.74, 6) is 0. The number of fused-ring (bicyclic) bond motifs is 9. The highest BCUT2D eigenvalue weighted by atomic mass is 16.3. The predicted molar refractivity (Wildman–Crippen MR) is 152 cm³/mol. The zero-order valence-electron chi connectivity index (χ0n) is 20.3. The molecule has 0 atom stereocenters. The second-order valence-electron chi connectivity index (χ2n) is 10.5. The molecule has 0 aliphatic heterocycles. The van der Waals surface area contributed by atoms with Crippen LogP contribution < -0.4 is 0 Å². The minimum atomic E-state index is -0.0452. The van der Waals surface area contributed by atoms with Gasteiger partial charge in [-0.05, 0) is 67.6 Å². The largest absolute Gasteiger partial charge is 0.455 e. The molecular formula is C35H24O. The lowest BCUT2D eigenvalue weighted by molar-refractivity contribution is 0.648. The fourth-order valence-electron chi connectivity index (χ4n) is 6.48. The highest BCUT2D eigenvalue weighted by Crippen LogP contribution is 2.51. The summed E-state index contributed by atoms with van der Waals surface area (Å²) in [4.78, 5) is 0. The Morgan fingerprint density at radius 3 is 2.06 bits per heavy atom. The van der Waals surface area contributed by atoms with Gasteiger partial charge in [0, 0.05) is 21.8 Å². The molecule has 0 amide bonds. The molecule has 1 nitrogen and oxygen atoms in total. The molecule has 8 rings (SSSR count). The van der Waals surface area contributed by atoms with Crippen LogP contribution >= 0.6 is 0 Å². The molecule has 170 valence electrons. The maximum atomic E-state index is 6.72. The van der Waals surface area contributed by atoms with E-state index in [4.69, 9.17) is 4.42 Å². The number of furan rings is 1. The smallest absolute Gasteiger partial charge is 0.143 e. The first-order valence-corrected chi connectivity index (χ1v) is 12.6. The van der Waals surface area contributed by atoms with Crippen molar-refractivity contribution in [3.05, 3.63) is 120 Å².